The van der Waals surface area contributed by atoms with Gasteiger partial charge < -0.3 is 5.32 Å². The van der Waals surface area contributed by atoms with E-state index < -0.39 is 5.92 Å². The van der Waals surface area contributed by atoms with E-state index in [9.17, 15) is 8.78 Å². The smallest absolute Gasteiger partial charge is 0.248 e. The Bertz CT molecular complexity index is 308. The van der Waals surface area contributed by atoms with Crippen LogP contribution >= 0.6 is 0 Å². The summed E-state index contributed by atoms with van der Waals surface area (Å²) >= 11 is 0. The topological polar surface area (TPSA) is 12.0 Å². The van der Waals surface area contributed by atoms with Gasteiger partial charge in [0.25, 0.3) is 0 Å². The predicted octanol–water partition coefficient (Wildman–Crippen LogP) is 4.23. The molecule has 3 heteroatoms. The SMILES string of the molecule is CNC(CC1CC2CCC1C2)C1CCC(F)(F)CC1. The number of rotatable bonds is 4. The lowest BCUT2D eigenvalue weighted by atomic mass is 9.76. The van der Waals surface area contributed by atoms with Crippen molar-refractivity contribution in [3.05, 3.63) is 0 Å². The lowest BCUT2D eigenvalue weighted by Crippen LogP contribution is -2.40. The van der Waals surface area contributed by atoms with Crippen LogP contribution in [0.5, 0.6) is 0 Å². The molecule has 2 bridgehead atoms. The standard InChI is InChI=1S/C16H27F2N/c1-19-15(12-4-6-16(17,18)7-5-12)10-14-9-11-2-3-13(14)8-11/h11-15,19H,2-10H2,1H3. The highest BCUT2D eigenvalue weighted by Gasteiger charge is 2.42. The van der Waals surface area contributed by atoms with Gasteiger partial charge in [0.2, 0.25) is 5.92 Å². The molecule has 0 heterocycles. The molecular weight excluding hydrogens is 244 g/mol. The average Bonchev–Trinajstić information content (AvgIpc) is 2.98. The molecule has 0 aromatic carbocycles. The molecule has 0 amide bonds. The van der Waals surface area contributed by atoms with E-state index in [1.54, 1.807) is 0 Å². The van der Waals surface area contributed by atoms with Gasteiger partial charge in [0.05, 0.1) is 0 Å². The van der Waals surface area contributed by atoms with E-state index >= 15 is 0 Å². The number of hydrogen-bond donors (Lipinski definition) is 1. The van der Waals surface area contributed by atoms with Crippen molar-refractivity contribution in [3.63, 3.8) is 0 Å². The van der Waals surface area contributed by atoms with Crippen LogP contribution in [0.1, 0.15) is 57.8 Å². The Kier molecular flexibility index (Phi) is 3.85. The molecule has 4 atom stereocenters. The van der Waals surface area contributed by atoms with Crippen LogP contribution in [0.15, 0.2) is 0 Å². The van der Waals surface area contributed by atoms with Crippen molar-refractivity contribution < 1.29 is 8.78 Å². The van der Waals surface area contributed by atoms with Crippen LogP contribution < -0.4 is 5.32 Å². The van der Waals surface area contributed by atoms with Crippen LogP contribution in [0.3, 0.4) is 0 Å². The second-order valence-corrected chi connectivity index (χ2v) is 7.26. The molecule has 0 aromatic rings. The zero-order valence-electron chi connectivity index (χ0n) is 12.0. The van der Waals surface area contributed by atoms with Gasteiger partial charge in [-0.05, 0) is 69.2 Å². The number of halogens is 2. The maximum atomic E-state index is 13.3. The van der Waals surface area contributed by atoms with Crippen LogP contribution in [-0.2, 0) is 0 Å². The van der Waals surface area contributed by atoms with Crippen LogP contribution in [0.4, 0.5) is 8.78 Å². The Morgan fingerprint density at radius 3 is 2.37 bits per heavy atom. The average molecular weight is 271 g/mol. The van der Waals surface area contributed by atoms with E-state index in [2.05, 4.69) is 5.32 Å². The van der Waals surface area contributed by atoms with Crippen LogP contribution in [0.25, 0.3) is 0 Å². The Morgan fingerprint density at radius 1 is 1.11 bits per heavy atom. The van der Waals surface area contributed by atoms with Gasteiger partial charge >= 0.3 is 0 Å². The third kappa shape index (κ3) is 2.96. The molecular formula is C16H27F2N. The quantitative estimate of drug-likeness (QED) is 0.807. The third-order valence-electron chi connectivity index (χ3n) is 6.14. The summed E-state index contributed by atoms with van der Waals surface area (Å²) in [5.41, 5.74) is 0. The molecule has 0 spiro atoms. The molecule has 110 valence electrons. The summed E-state index contributed by atoms with van der Waals surface area (Å²) in [4.78, 5) is 0. The van der Waals surface area contributed by atoms with Gasteiger partial charge in [-0.2, -0.15) is 0 Å². The maximum Gasteiger partial charge on any atom is 0.248 e. The number of hydrogen-bond acceptors (Lipinski definition) is 1. The fourth-order valence-electron chi connectivity index (χ4n) is 5.00. The molecule has 0 saturated heterocycles. The van der Waals surface area contributed by atoms with E-state index in [4.69, 9.17) is 0 Å². The molecule has 4 unspecified atom stereocenters. The normalized spacial score (nSPS) is 39.6. The van der Waals surface area contributed by atoms with Crippen molar-refractivity contribution in [2.24, 2.45) is 23.7 Å². The highest BCUT2D eigenvalue weighted by atomic mass is 19.3. The minimum atomic E-state index is -2.39. The molecule has 0 aromatic heterocycles. The predicted molar refractivity (Wildman–Crippen MR) is 73.3 cm³/mol. The number of fused-ring (bicyclic) bond motifs is 2. The van der Waals surface area contributed by atoms with Gasteiger partial charge in [0, 0.05) is 18.9 Å². The van der Waals surface area contributed by atoms with Gasteiger partial charge in [-0.15, -0.1) is 0 Å². The largest absolute Gasteiger partial charge is 0.317 e. The Hall–Kier alpha value is -0.180. The van der Waals surface area contributed by atoms with Crippen molar-refractivity contribution >= 4 is 0 Å². The molecule has 3 aliphatic carbocycles. The van der Waals surface area contributed by atoms with E-state index in [1.807, 2.05) is 7.05 Å². The number of alkyl halides is 2. The summed E-state index contributed by atoms with van der Waals surface area (Å²) < 4.78 is 26.5. The van der Waals surface area contributed by atoms with Crippen molar-refractivity contribution in [3.8, 4) is 0 Å². The lowest BCUT2D eigenvalue weighted by molar-refractivity contribution is -0.0504. The van der Waals surface area contributed by atoms with Gasteiger partial charge in [-0.25, -0.2) is 8.78 Å². The summed E-state index contributed by atoms with van der Waals surface area (Å²) in [6.07, 6.45) is 8.58. The first-order valence-corrected chi connectivity index (χ1v) is 8.12. The summed E-state index contributed by atoms with van der Waals surface area (Å²) in [6.45, 7) is 0. The molecule has 3 rings (SSSR count). The summed E-state index contributed by atoms with van der Waals surface area (Å²) in [5, 5.41) is 3.44. The highest BCUT2D eigenvalue weighted by Crippen LogP contribution is 2.50. The minimum absolute atomic E-state index is 0.104. The van der Waals surface area contributed by atoms with Crippen LogP contribution in [0.2, 0.25) is 0 Å². The van der Waals surface area contributed by atoms with Crippen molar-refractivity contribution in [2.45, 2.75) is 69.8 Å². The molecule has 3 saturated carbocycles. The lowest BCUT2D eigenvalue weighted by Gasteiger charge is -2.36. The van der Waals surface area contributed by atoms with E-state index in [0.29, 0.717) is 24.8 Å². The molecule has 1 N–H and O–H groups in total. The maximum absolute atomic E-state index is 13.3. The Balaban J connectivity index is 1.53. The number of nitrogens with one attached hydrogen (secondary N) is 1. The fraction of sp³-hybridized carbons (Fsp3) is 1.00. The highest BCUT2D eigenvalue weighted by molar-refractivity contribution is 4.93. The van der Waals surface area contributed by atoms with E-state index in [0.717, 1.165) is 17.8 Å². The first-order chi connectivity index (χ1) is 9.07. The van der Waals surface area contributed by atoms with Crippen LogP contribution in [0, 0.1) is 23.7 Å². The third-order valence-corrected chi connectivity index (χ3v) is 6.14. The molecule has 1 nitrogen and oxygen atoms in total. The zero-order valence-corrected chi connectivity index (χ0v) is 12.0. The minimum Gasteiger partial charge on any atom is -0.317 e. The van der Waals surface area contributed by atoms with Crippen LogP contribution in [-0.4, -0.2) is 19.0 Å². The Labute approximate surface area is 115 Å². The fourth-order valence-corrected chi connectivity index (χ4v) is 5.00. The van der Waals surface area contributed by atoms with E-state index in [1.165, 1.54) is 32.1 Å². The monoisotopic (exact) mass is 271 g/mol. The molecule has 3 fully saturated rings. The van der Waals surface area contributed by atoms with E-state index in [-0.39, 0.29) is 12.8 Å². The van der Waals surface area contributed by atoms with Crippen molar-refractivity contribution in [1.29, 1.82) is 0 Å². The Morgan fingerprint density at radius 2 is 1.84 bits per heavy atom. The second kappa shape index (κ2) is 5.31. The summed E-state index contributed by atoms with van der Waals surface area (Å²) in [5.74, 6) is 0.901. The summed E-state index contributed by atoms with van der Waals surface area (Å²) in [7, 11) is 2.02. The summed E-state index contributed by atoms with van der Waals surface area (Å²) in [6, 6.07) is 0.473. The van der Waals surface area contributed by atoms with Gasteiger partial charge in [0.15, 0.2) is 0 Å². The molecule has 19 heavy (non-hydrogen) atoms. The molecule has 0 aliphatic heterocycles. The van der Waals surface area contributed by atoms with Gasteiger partial charge in [0.1, 0.15) is 0 Å². The second-order valence-electron chi connectivity index (χ2n) is 7.26. The zero-order chi connectivity index (χ0) is 13.5. The van der Waals surface area contributed by atoms with Gasteiger partial charge in [-0.3, -0.25) is 0 Å². The molecule has 0 radical (unpaired) electrons. The van der Waals surface area contributed by atoms with Gasteiger partial charge in [-0.1, -0.05) is 6.42 Å². The van der Waals surface area contributed by atoms with Crippen molar-refractivity contribution in [1.82, 2.24) is 5.32 Å². The molecule has 3 aliphatic rings. The first-order valence-electron chi connectivity index (χ1n) is 8.12. The van der Waals surface area contributed by atoms with Crippen molar-refractivity contribution in [2.75, 3.05) is 7.05 Å². The first kappa shape index (κ1) is 13.8.